The lowest BCUT2D eigenvalue weighted by Gasteiger charge is -2.10. The van der Waals surface area contributed by atoms with E-state index in [4.69, 9.17) is 11.6 Å². The van der Waals surface area contributed by atoms with Gasteiger partial charge in [0.2, 0.25) is 0 Å². The molecule has 2 heterocycles. The second-order valence-corrected chi connectivity index (χ2v) is 4.86. The van der Waals surface area contributed by atoms with Gasteiger partial charge in [-0.3, -0.25) is 14.0 Å². The van der Waals surface area contributed by atoms with Gasteiger partial charge < -0.3 is 0 Å². The van der Waals surface area contributed by atoms with E-state index in [2.05, 4.69) is 10.1 Å². The summed E-state index contributed by atoms with van der Waals surface area (Å²) in [7, 11) is 1.84. The van der Waals surface area contributed by atoms with Crippen LogP contribution in [0.2, 0.25) is 0 Å². The number of rotatable bonds is 3. The molecule has 0 N–H and O–H groups in total. The van der Waals surface area contributed by atoms with Crippen LogP contribution in [0.5, 0.6) is 0 Å². The Labute approximate surface area is 120 Å². The number of fused-ring (bicyclic) bond motifs is 1. The number of hydrogen-bond acceptors (Lipinski definition) is 3. The van der Waals surface area contributed by atoms with Crippen molar-refractivity contribution in [1.29, 1.82) is 0 Å². The molecule has 0 unspecified atom stereocenters. The van der Waals surface area contributed by atoms with Gasteiger partial charge in [0.1, 0.15) is 5.82 Å². The molecule has 5 nitrogen and oxygen atoms in total. The van der Waals surface area contributed by atoms with Gasteiger partial charge in [0.05, 0.1) is 29.5 Å². The molecular formula is C14H13ClN4O. The van der Waals surface area contributed by atoms with E-state index < -0.39 is 0 Å². The van der Waals surface area contributed by atoms with Crippen LogP contribution in [0.1, 0.15) is 11.4 Å². The maximum absolute atomic E-state index is 12.6. The minimum Gasteiger partial charge on any atom is -0.290 e. The average Bonchev–Trinajstić information content (AvgIpc) is 2.87. The normalized spacial score (nSPS) is 11.1. The summed E-state index contributed by atoms with van der Waals surface area (Å²) in [5.74, 6) is 0.764. The molecule has 0 spiro atoms. The maximum Gasteiger partial charge on any atom is 0.261 e. The van der Waals surface area contributed by atoms with Crippen LogP contribution in [0.4, 0.5) is 0 Å². The van der Waals surface area contributed by atoms with E-state index >= 15 is 0 Å². The number of halogens is 1. The first-order valence-corrected chi connectivity index (χ1v) is 6.74. The highest BCUT2D eigenvalue weighted by Gasteiger charge is 2.11. The number of benzene rings is 1. The summed E-state index contributed by atoms with van der Waals surface area (Å²) < 4.78 is 3.31. The zero-order valence-electron chi connectivity index (χ0n) is 11.0. The molecule has 0 fully saturated rings. The summed E-state index contributed by atoms with van der Waals surface area (Å²) in [5, 5.41) is 4.71. The van der Waals surface area contributed by atoms with Crippen molar-refractivity contribution >= 4 is 22.5 Å². The van der Waals surface area contributed by atoms with Crippen LogP contribution in [0, 0.1) is 0 Å². The zero-order valence-corrected chi connectivity index (χ0v) is 11.7. The monoisotopic (exact) mass is 288 g/mol. The molecule has 0 amide bonds. The Bertz CT molecular complexity index is 821. The second-order valence-electron chi connectivity index (χ2n) is 4.59. The Hall–Kier alpha value is -2.14. The van der Waals surface area contributed by atoms with Gasteiger partial charge in [0, 0.05) is 18.8 Å². The first-order valence-electron chi connectivity index (χ1n) is 6.21. The van der Waals surface area contributed by atoms with E-state index in [0.29, 0.717) is 23.3 Å². The highest BCUT2D eigenvalue weighted by atomic mass is 35.5. The van der Waals surface area contributed by atoms with Crippen molar-refractivity contribution in [2.24, 2.45) is 7.05 Å². The van der Waals surface area contributed by atoms with Crippen LogP contribution < -0.4 is 5.56 Å². The van der Waals surface area contributed by atoms with Gasteiger partial charge in [-0.1, -0.05) is 12.1 Å². The number of aryl methyl sites for hydroxylation is 1. The van der Waals surface area contributed by atoms with E-state index in [1.807, 2.05) is 31.4 Å². The fraction of sp³-hybridized carbons (Fsp3) is 0.214. The molecule has 2 aromatic heterocycles. The van der Waals surface area contributed by atoms with Crippen molar-refractivity contribution in [1.82, 2.24) is 19.3 Å². The first-order chi connectivity index (χ1) is 9.69. The third-order valence-corrected chi connectivity index (χ3v) is 3.40. The van der Waals surface area contributed by atoms with Gasteiger partial charge in [0.15, 0.2) is 0 Å². The first kappa shape index (κ1) is 12.9. The number of aromatic nitrogens is 4. The third-order valence-electron chi connectivity index (χ3n) is 3.16. The molecule has 0 bridgehead atoms. The van der Waals surface area contributed by atoms with E-state index in [1.54, 1.807) is 21.5 Å². The average molecular weight is 289 g/mol. The molecule has 0 aliphatic carbocycles. The lowest BCUT2D eigenvalue weighted by molar-refractivity contribution is 0.704. The van der Waals surface area contributed by atoms with Crippen molar-refractivity contribution in [2.45, 2.75) is 12.4 Å². The fourth-order valence-electron chi connectivity index (χ4n) is 2.22. The lowest BCUT2D eigenvalue weighted by atomic mass is 10.2. The molecule has 0 radical (unpaired) electrons. The summed E-state index contributed by atoms with van der Waals surface area (Å²) >= 11 is 5.93. The van der Waals surface area contributed by atoms with Crippen LogP contribution in [-0.4, -0.2) is 19.3 Å². The topological polar surface area (TPSA) is 52.7 Å². The van der Waals surface area contributed by atoms with Gasteiger partial charge in [-0.15, -0.1) is 11.6 Å². The number of para-hydroxylation sites is 1. The van der Waals surface area contributed by atoms with Crippen molar-refractivity contribution in [3.8, 4) is 0 Å². The standard InChI is InChI=1S/C14H13ClN4O/c1-18-8-10(7-16-18)9-19-13(6-15)17-12-5-3-2-4-11(12)14(19)20/h2-5,7-8H,6,9H2,1H3. The Morgan fingerprint density at radius 3 is 2.80 bits per heavy atom. The Balaban J connectivity index is 2.18. The molecule has 0 saturated heterocycles. The van der Waals surface area contributed by atoms with Gasteiger partial charge in [-0.05, 0) is 12.1 Å². The molecule has 0 aliphatic rings. The second kappa shape index (κ2) is 5.09. The number of hydrogen-bond donors (Lipinski definition) is 0. The predicted octanol–water partition coefficient (Wildman–Crippen LogP) is 1.92. The van der Waals surface area contributed by atoms with E-state index in [1.165, 1.54) is 0 Å². The molecule has 6 heteroatoms. The lowest BCUT2D eigenvalue weighted by Crippen LogP contribution is -2.25. The molecule has 1 aromatic carbocycles. The van der Waals surface area contributed by atoms with Crippen LogP contribution >= 0.6 is 11.6 Å². The van der Waals surface area contributed by atoms with Crippen molar-refractivity contribution in [3.63, 3.8) is 0 Å². The molecule has 3 rings (SSSR count). The van der Waals surface area contributed by atoms with Gasteiger partial charge in [-0.2, -0.15) is 5.10 Å². The van der Waals surface area contributed by atoms with Crippen LogP contribution in [-0.2, 0) is 19.5 Å². The minimum atomic E-state index is -0.0740. The SMILES string of the molecule is Cn1cc(Cn2c(CCl)nc3ccccc3c2=O)cn1. The number of alkyl halides is 1. The minimum absolute atomic E-state index is 0.0740. The summed E-state index contributed by atoms with van der Waals surface area (Å²) in [5.41, 5.74) is 1.55. The van der Waals surface area contributed by atoms with Crippen LogP contribution in [0.15, 0.2) is 41.5 Å². The number of nitrogens with zero attached hydrogens (tertiary/aromatic N) is 4. The summed E-state index contributed by atoms with van der Waals surface area (Å²) in [6.45, 7) is 0.423. The van der Waals surface area contributed by atoms with Gasteiger partial charge >= 0.3 is 0 Å². The molecule has 0 aliphatic heterocycles. The van der Waals surface area contributed by atoms with E-state index in [0.717, 1.165) is 5.56 Å². The molecule has 3 aromatic rings. The highest BCUT2D eigenvalue weighted by molar-refractivity contribution is 6.16. The highest BCUT2D eigenvalue weighted by Crippen LogP contribution is 2.11. The van der Waals surface area contributed by atoms with Gasteiger partial charge in [-0.25, -0.2) is 4.98 Å². The van der Waals surface area contributed by atoms with E-state index in [9.17, 15) is 4.79 Å². The fourth-order valence-corrected chi connectivity index (χ4v) is 2.42. The van der Waals surface area contributed by atoms with E-state index in [-0.39, 0.29) is 11.4 Å². The van der Waals surface area contributed by atoms with Crippen LogP contribution in [0.25, 0.3) is 10.9 Å². The quantitative estimate of drug-likeness (QED) is 0.692. The summed E-state index contributed by atoms with van der Waals surface area (Å²) in [4.78, 5) is 17.0. The molecule has 0 saturated carbocycles. The van der Waals surface area contributed by atoms with Crippen LogP contribution in [0.3, 0.4) is 0 Å². The summed E-state index contributed by atoms with van der Waals surface area (Å²) in [6, 6.07) is 7.29. The third kappa shape index (κ3) is 2.20. The zero-order chi connectivity index (χ0) is 14.1. The Morgan fingerprint density at radius 1 is 1.30 bits per heavy atom. The maximum atomic E-state index is 12.6. The molecular weight excluding hydrogens is 276 g/mol. The Kier molecular flexibility index (Phi) is 3.28. The molecule has 102 valence electrons. The van der Waals surface area contributed by atoms with Gasteiger partial charge in [0.25, 0.3) is 5.56 Å². The largest absolute Gasteiger partial charge is 0.290 e. The Morgan fingerprint density at radius 2 is 2.10 bits per heavy atom. The predicted molar refractivity (Wildman–Crippen MR) is 77.9 cm³/mol. The summed E-state index contributed by atoms with van der Waals surface area (Å²) in [6.07, 6.45) is 3.61. The smallest absolute Gasteiger partial charge is 0.261 e. The van der Waals surface area contributed by atoms with Crippen molar-refractivity contribution in [3.05, 3.63) is 58.4 Å². The molecule has 20 heavy (non-hydrogen) atoms. The van der Waals surface area contributed by atoms with Crippen molar-refractivity contribution in [2.75, 3.05) is 0 Å². The van der Waals surface area contributed by atoms with Crippen molar-refractivity contribution < 1.29 is 0 Å². The molecule has 0 atom stereocenters.